The molecular formula is C18H22N2O5S2. The fraction of sp³-hybridized carbons (Fsp3) is 0.333. The van der Waals surface area contributed by atoms with Gasteiger partial charge in [-0.1, -0.05) is 23.8 Å². The number of rotatable bonds is 8. The largest absolute Gasteiger partial charge is 0.383 e. The smallest absolute Gasteiger partial charge is 0.309 e. The minimum atomic E-state index is -3.74. The Balaban J connectivity index is 2.15. The van der Waals surface area contributed by atoms with Gasteiger partial charge < -0.3 is 15.4 Å². The third kappa shape index (κ3) is 5.62. The van der Waals surface area contributed by atoms with Crippen LogP contribution in [0.4, 0.5) is 0 Å². The van der Waals surface area contributed by atoms with Gasteiger partial charge in [0.2, 0.25) is 0 Å². The average Bonchev–Trinajstić information content (AvgIpc) is 3.16. The number of ether oxygens (including phenoxy) is 1. The molecular weight excluding hydrogens is 388 g/mol. The van der Waals surface area contributed by atoms with E-state index in [1.807, 2.05) is 6.92 Å². The second-order valence-electron chi connectivity index (χ2n) is 5.82. The molecule has 0 saturated carbocycles. The van der Waals surface area contributed by atoms with Gasteiger partial charge in [0.05, 0.1) is 11.5 Å². The van der Waals surface area contributed by atoms with E-state index in [0.29, 0.717) is 4.88 Å². The molecule has 0 unspecified atom stereocenters. The van der Waals surface area contributed by atoms with Crippen LogP contribution < -0.4 is 10.6 Å². The topological polar surface area (TPSA) is 102 Å². The van der Waals surface area contributed by atoms with Gasteiger partial charge in [0.15, 0.2) is 9.84 Å². The van der Waals surface area contributed by atoms with E-state index in [2.05, 4.69) is 10.6 Å². The molecule has 2 aromatic rings. The van der Waals surface area contributed by atoms with Crippen molar-refractivity contribution < 1.29 is 22.7 Å². The maximum atomic E-state index is 13.1. The molecule has 27 heavy (non-hydrogen) atoms. The highest BCUT2D eigenvalue weighted by atomic mass is 32.2. The van der Waals surface area contributed by atoms with E-state index in [-0.39, 0.29) is 24.6 Å². The van der Waals surface area contributed by atoms with Crippen LogP contribution in [-0.2, 0) is 24.2 Å². The van der Waals surface area contributed by atoms with E-state index in [1.165, 1.54) is 18.4 Å². The number of hydrogen-bond donors (Lipinski definition) is 2. The van der Waals surface area contributed by atoms with E-state index in [1.54, 1.807) is 41.8 Å². The van der Waals surface area contributed by atoms with Gasteiger partial charge >= 0.3 is 11.8 Å². The Morgan fingerprint density at radius 3 is 2.37 bits per heavy atom. The first-order valence-corrected chi connectivity index (χ1v) is 10.7. The highest BCUT2D eigenvalue weighted by molar-refractivity contribution is 7.91. The highest BCUT2D eigenvalue weighted by Crippen LogP contribution is 2.31. The molecule has 2 N–H and O–H groups in total. The molecule has 146 valence electrons. The lowest BCUT2D eigenvalue weighted by molar-refractivity contribution is -0.139. The van der Waals surface area contributed by atoms with Gasteiger partial charge in [-0.3, -0.25) is 9.59 Å². The van der Waals surface area contributed by atoms with Crippen molar-refractivity contribution in [3.8, 4) is 0 Å². The lowest BCUT2D eigenvalue weighted by atomic mass is 10.2. The molecule has 9 heteroatoms. The molecule has 1 aromatic carbocycles. The normalized spacial score (nSPS) is 12.4. The third-order valence-electron chi connectivity index (χ3n) is 3.83. The number of nitrogens with one attached hydrogen (secondary N) is 2. The summed E-state index contributed by atoms with van der Waals surface area (Å²) in [5.74, 6) is -1.71. The predicted octanol–water partition coefficient (Wildman–Crippen LogP) is 1.45. The Kier molecular flexibility index (Phi) is 7.52. The number of carbonyl (C=O) groups excluding carboxylic acids is 2. The van der Waals surface area contributed by atoms with Crippen LogP contribution in [-0.4, -0.2) is 47.0 Å². The number of thiophene rings is 1. The summed E-state index contributed by atoms with van der Waals surface area (Å²) in [7, 11) is -2.26. The van der Waals surface area contributed by atoms with Crippen molar-refractivity contribution >= 4 is 33.0 Å². The van der Waals surface area contributed by atoms with Crippen molar-refractivity contribution in [3.05, 3.63) is 52.2 Å². The van der Waals surface area contributed by atoms with Crippen LogP contribution in [0, 0.1) is 6.92 Å². The summed E-state index contributed by atoms with van der Waals surface area (Å²) in [6.07, 6.45) is 0. The maximum Gasteiger partial charge on any atom is 0.309 e. The van der Waals surface area contributed by atoms with Crippen molar-refractivity contribution in [1.82, 2.24) is 10.6 Å². The monoisotopic (exact) mass is 410 g/mol. The third-order valence-corrected chi connectivity index (χ3v) is 7.06. The molecule has 7 nitrogen and oxygen atoms in total. The number of benzene rings is 1. The molecule has 0 fully saturated rings. The molecule has 0 aliphatic rings. The zero-order valence-corrected chi connectivity index (χ0v) is 16.7. The lowest BCUT2D eigenvalue weighted by Crippen LogP contribution is -2.43. The Morgan fingerprint density at radius 1 is 1.11 bits per heavy atom. The van der Waals surface area contributed by atoms with E-state index in [4.69, 9.17) is 4.74 Å². The molecule has 2 rings (SSSR count). The van der Waals surface area contributed by atoms with Gasteiger partial charge in [0.25, 0.3) is 0 Å². The van der Waals surface area contributed by atoms with Crippen molar-refractivity contribution in [2.75, 3.05) is 26.8 Å². The Morgan fingerprint density at radius 2 is 1.78 bits per heavy atom. The van der Waals surface area contributed by atoms with Gasteiger partial charge in [-0.05, 0) is 30.5 Å². The van der Waals surface area contributed by atoms with Crippen molar-refractivity contribution in [2.24, 2.45) is 0 Å². The second-order valence-corrected chi connectivity index (χ2v) is 8.93. The van der Waals surface area contributed by atoms with Gasteiger partial charge in [0.1, 0.15) is 5.25 Å². The number of amides is 2. The summed E-state index contributed by atoms with van der Waals surface area (Å²) >= 11 is 1.29. The average molecular weight is 411 g/mol. The van der Waals surface area contributed by atoms with Crippen LogP contribution in [0.5, 0.6) is 0 Å². The summed E-state index contributed by atoms with van der Waals surface area (Å²) in [6, 6.07) is 9.98. The minimum absolute atomic E-state index is 0.172. The molecule has 1 atom stereocenters. The minimum Gasteiger partial charge on any atom is -0.383 e. The summed E-state index contributed by atoms with van der Waals surface area (Å²) < 4.78 is 30.9. The first kappa shape index (κ1) is 21.1. The van der Waals surface area contributed by atoms with Crippen molar-refractivity contribution in [3.63, 3.8) is 0 Å². The molecule has 2 amide bonds. The number of methoxy groups -OCH3 is 1. The fourth-order valence-electron chi connectivity index (χ4n) is 2.34. The van der Waals surface area contributed by atoms with Crippen LogP contribution >= 0.6 is 11.3 Å². The van der Waals surface area contributed by atoms with Crippen LogP contribution in [0.2, 0.25) is 0 Å². The summed E-state index contributed by atoms with van der Waals surface area (Å²) in [5, 5.41) is 5.61. The summed E-state index contributed by atoms with van der Waals surface area (Å²) in [5.41, 5.74) is 0.947. The Labute approximate surface area is 162 Å². The quantitative estimate of drug-likeness (QED) is 0.507. The van der Waals surface area contributed by atoms with Crippen molar-refractivity contribution in [2.45, 2.75) is 17.1 Å². The van der Waals surface area contributed by atoms with Gasteiger partial charge in [0, 0.05) is 25.1 Å². The van der Waals surface area contributed by atoms with Crippen LogP contribution in [0.15, 0.2) is 46.7 Å². The van der Waals surface area contributed by atoms with E-state index < -0.39 is 26.9 Å². The van der Waals surface area contributed by atoms with Gasteiger partial charge in [-0.15, -0.1) is 11.3 Å². The number of aryl methyl sites for hydroxylation is 1. The Hall–Kier alpha value is -2.23. The fourth-order valence-corrected chi connectivity index (χ4v) is 5.13. The number of carbonyl (C=O) groups is 2. The Bertz CT molecular complexity index is 862. The van der Waals surface area contributed by atoms with Crippen LogP contribution in [0.25, 0.3) is 0 Å². The second kappa shape index (κ2) is 9.63. The molecule has 1 heterocycles. The van der Waals surface area contributed by atoms with E-state index >= 15 is 0 Å². The zero-order chi connectivity index (χ0) is 19.9. The molecule has 0 bridgehead atoms. The predicted molar refractivity (Wildman–Crippen MR) is 103 cm³/mol. The van der Waals surface area contributed by atoms with Crippen LogP contribution in [0.1, 0.15) is 15.7 Å². The lowest BCUT2D eigenvalue weighted by Gasteiger charge is -2.17. The van der Waals surface area contributed by atoms with E-state index in [0.717, 1.165) is 5.56 Å². The summed E-state index contributed by atoms with van der Waals surface area (Å²) in [6.45, 7) is 2.14. The van der Waals surface area contributed by atoms with Crippen molar-refractivity contribution in [1.29, 1.82) is 0 Å². The van der Waals surface area contributed by atoms with E-state index in [9.17, 15) is 18.0 Å². The molecule has 0 aliphatic carbocycles. The molecule has 0 radical (unpaired) electrons. The molecule has 0 spiro atoms. The first-order valence-electron chi connectivity index (χ1n) is 8.25. The molecule has 1 aromatic heterocycles. The first-order chi connectivity index (χ1) is 12.9. The SMILES string of the molecule is COCCNC(=O)C(=O)NC[C@H](c1cccs1)S(=O)(=O)c1ccc(C)cc1. The molecule has 0 aliphatic heterocycles. The maximum absolute atomic E-state index is 13.1. The highest BCUT2D eigenvalue weighted by Gasteiger charge is 2.31. The van der Waals surface area contributed by atoms with Gasteiger partial charge in [-0.25, -0.2) is 8.42 Å². The van der Waals surface area contributed by atoms with Crippen LogP contribution in [0.3, 0.4) is 0 Å². The van der Waals surface area contributed by atoms with Gasteiger partial charge in [-0.2, -0.15) is 0 Å². The summed E-state index contributed by atoms with van der Waals surface area (Å²) in [4.78, 5) is 24.5. The standard InChI is InChI=1S/C18H22N2O5S2/c1-13-5-7-14(8-6-13)27(23,24)16(15-4-3-11-26-15)12-20-18(22)17(21)19-9-10-25-2/h3-8,11,16H,9-10,12H2,1-2H3,(H,19,21)(H,20,22)/t16-/m1/s1. The zero-order valence-electron chi connectivity index (χ0n) is 15.1. The number of hydrogen-bond acceptors (Lipinski definition) is 6. The number of sulfone groups is 1. The molecule has 0 saturated heterocycles.